The molecule has 0 amide bonds. The molecule has 2 aliphatic rings. The number of unbranched alkanes of at least 4 members (excludes halogenated alkanes) is 1. The molecule has 158 valence electrons. The average molecular weight is 393 g/mol. The van der Waals surface area contributed by atoms with Crippen molar-refractivity contribution in [2.75, 3.05) is 6.61 Å². The van der Waals surface area contributed by atoms with Crippen LogP contribution >= 0.6 is 0 Å². The summed E-state index contributed by atoms with van der Waals surface area (Å²) >= 11 is 0. The molecule has 29 heavy (non-hydrogen) atoms. The third-order valence-electron chi connectivity index (χ3n) is 7.17. The van der Waals surface area contributed by atoms with Gasteiger partial charge in [-0.3, -0.25) is 0 Å². The first kappa shape index (κ1) is 22.0. The molecule has 3 rings (SSSR count). The summed E-state index contributed by atoms with van der Waals surface area (Å²) < 4.78 is 5.48. The Bertz CT molecular complexity index is 659. The summed E-state index contributed by atoms with van der Waals surface area (Å²) in [5.41, 5.74) is 1.05. The minimum absolute atomic E-state index is 0.705. The second-order valence-corrected chi connectivity index (χ2v) is 9.18. The number of ether oxygens (including phenoxy) is 1. The van der Waals surface area contributed by atoms with Crippen LogP contribution in [-0.2, 0) is 0 Å². The monoisotopic (exact) mass is 392 g/mol. The van der Waals surface area contributed by atoms with Gasteiger partial charge in [-0.05, 0) is 99.5 Å². The number of hydrogen-bond acceptors (Lipinski definition) is 1. The first-order valence-corrected chi connectivity index (χ1v) is 12.2. The van der Waals surface area contributed by atoms with Crippen molar-refractivity contribution in [1.29, 1.82) is 0 Å². The zero-order valence-corrected chi connectivity index (χ0v) is 18.7. The van der Waals surface area contributed by atoms with E-state index in [9.17, 15) is 0 Å². The van der Waals surface area contributed by atoms with E-state index in [1.807, 2.05) is 31.2 Å². The third kappa shape index (κ3) is 7.26. The van der Waals surface area contributed by atoms with Gasteiger partial charge in [-0.25, -0.2) is 0 Å². The zero-order valence-electron chi connectivity index (χ0n) is 18.7. The molecule has 0 atom stereocenters. The van der Waals surface area contributed by atoms with Crippen LogP contribution in [0, 0.1) is 35.5 Å². The SMILES string of the molecule is CCCC[C@H]1CC[C@H]([C@H]2CC[C@H](C=CC#Cc3ccc(OCC)cc3)CC2)CC1. The van der Waals surface area contributed by atoms with Crippen molar-refractivity contribution in [3.05, 3.63) is 42.0 Å². The van der Waals surface area contributed by atoms with Crippen LogP contribution in [0.1, 0.15) is 90.0 Å². The molecule has 2 fully saturated rings. The van der Waals surface area contributed by atoms with Gasteiger partial charge in [-0.2, -0.15) is 0 Å². The van der Waals surface area contributed by atoms with E-state index in [-0.39, 0.29) is 0 Å². The second kappa shape index (κ2) is 12.1. The molecule has 1 nitrogen and oxygen atoms in total. The molecule has 2 aliphatic carbocycles. The Kier molecular flexibility index (Phi) is 9.20. The van der Waals surface area contributed by atoms with Crippen LogP contribution in [0.25, 0.3) is 0 Å². The van der Waals surface area contributed by atoms with Gasteiger partial charge in [0.1, 0.15) is 5.75 Å². The maximum atomic E-state index is 5.48. The summed E-state index contributed by atoms with van der Waals surface area (Å²) in [7, 11) is 0. The Balaban J connectivity index is 1.37. The molecule has 0 bridgehead atoms. The topological polar surface area (TPSA) is 9.23 Å². The average Bonchev–Trinajstić information content (AvgIpc) is 2.77. The van der Waals surface area contributed by atoms with E-state index in [0.29, 0.717) is 6.61 Å². The third-order valence-corrected chi connectivity index (χ3v) is 7.17. The second-order valence-electron chi connectivity index (χ2n) is 9.18. The summed E-state index contributed by atoms with van der Waals surface area (Å²) in [6.45, 7) is 5.03. The normalized spacial score (nSPS) is 27.4. The van der Waals surface area contributed by atoms with Crippen molar-refractivity contribution in [1.82, 2.24) is 0 Å². The fraction of sp³-hybridized carbons (Fsp3) is 0.643. The molecule has 0 radical (unpaired) electrons. The summed E-state index contributed by atoms with van der Waals surface area (Å²) in [4.78, 5) is 0. The zero-order chi connectivity index (χ0) is 20.3. The maximum Gasteiger partial charge on any atom is 0.119 e. The van der Waals surface area contributed by atoms with Crippen LogP contribution < -0.4 is 4.74 Å². The largest absolute Gasteiger partial charge is 0.494 e. The molecule has 0 spiro atoms. The molecule has 0 N–H and O–H groups in total. The molecule has 0 aromatic heterocycles. The molecule has 0 heterocycles. The van der Waals surface area contributed by atoms with Gasteiger partial charge >= 0.3 is 0 Å². The lowest BCUT2D eigenvalue weighted by Gasteiger charge is -2.37. The Morgan fingerprint density at radius 3 is 2.17 bits per heavy atom. The van der Waals surface area contributed by atoms with Gasteiger partial charge in [0.05, 0.1) is 6.61 Å². The van der Waals surface area contributed by atoms with Crippen molar-refractivity contribution in [3.8, 4) is 17.6 Å². The smallest absolute Gasteiger partial charge is 0.119 e. The molecule has 0 aliphatic heterocycles. The maximum absolute atomic E-state index is 5.48. The van der Waals surface area contributed by atoms with Gasteiger partial charge in [0.25, 0.3) is 0 Å². The van der Waals surface area contributed by atoms with Crippen LogP contribution in [-0.4, -0.2) is 6.61 Å². The van der Waals surface area contributed by atoms with Crippen LogP contribution in [0.15, 0.2) is 36.4 Å². The van der Waals surface area contributed by atoms with E-state index in [1.54, 1.807) is 0 Å². The van der Waals surface area contributed by atoms with E-state index in [1.165, 1.54) is 70.6 Å². The number of allylic oxidation sites excluding steroid dienone is 2. The molecule has 2 saturated carbocycles. The van der Waals surface area contributed by atoms with E-state index in [4.69, 9.17) is 4.74 Å². The van der Waals surface area contributed by atoms with Gasteiger partial charge in [0.2, 0.25) is 0 Å². The van der Waals surface area contributed by atoms with Crippen LogP contribution in [0.5, 0.6) is 5.75 Å². The minimum atomic E-state index is 0.705. The lowest BCUT2D eigenvalue weighted by molar-refractivity contribution is 0.152. The van der Waals surface area contributed by atoms with E-state index in [0.717, 1.165) is 35.0 Å². The van der Waals surface area contributed by atoms with Gasteiger partial charge in [0, 0.05) is 5.56 Å². The molecular formula is C28H40O. The predicted octanol–water partition coefficient (Wildman–Crippen LogP) is 7.80. The Morgan fingerprint density at radius 1 is 0.897 bits per heavy atom. The Hall–Kier alpha value is -1.68. The van der Waals surface area contributed by atoms with E-state index < -0.39 is 0 Å². The summed E-state index contributed by atoms with van der Waals surface area (Å²) in [6.07, 6.45) is 20.4. The summed E-state index contributed by atoms with van der Waals surface area (Å²) in [5.74, 6) is 11.2. The van der Waals surface area contributed by atoms with Crippen molar-refractivity contribution in [3.63, 3.8) is 0 Å². The van der Waals surface area contributed by atoms with Gasteiger partial charge in [-0.1, -0.05) is 56.9 Å². The number of hydrogen-bond donors (Lipinski definition) is 0. The van der Waals surface area contributed by atoms with E-state index >= 15 is 0 Å². The van der Waals surface area contributed by atoms with Crippen molar-refractivity contribution >= 4 is 0 Å². The molecule has 0 unspecified atom stereocenters. The summed E-state index contributed by atoms with van der Waals surface area (Å²) in [5, 5.41) is 0. The summed E-state index contributed by atoms with van der Waals surface area (Å²) in [6, 6.07) is 8.06. The Morgan fingerprint density at radius 2 is 1.55 bits per heavy atom. The van der Waals surface area contributed by atoms with Gasteiger partial charge in [-0.15, -0.1) is 0 Å². The van der Waals surface area contributed by atoms with Crippen LogP contribution in [0.4, 0.5) is 0 Å². The quantitative estimate of drug-likeness (QED) is 0.430. The number of benzene rings is 1. The fourth-order valence-corrected chi connectivity index (χ4v) is 5.36. The van der Waals surface area contributed by atoms with Crippen molar-refractivity contribution < 1.29 is 4.74 Å². The lowest BCUT2D eigenvalue weighted by atomic mass is 9.68. The standard InChI is InChI=1S/C28H40O/c1-3-5-8-23-11-17-26(18-12-23)27-19-13-24(14-20-27)9-6-7-10-25-15-21-28(22-16-25)29-4-2/h6,9,15-16,21-24,26-27H,3-5,8,11-14,17-20H2,1-2H3/t23-,24-,26-,27-. The first-order chi connectivity index (χ1) is 14.3. The lowest BCUT2D eigenvalue weighted by Crippen LogP contribution is -2.25. The highest BCUT2D eigenvalue weighted by Gasteiger charge is 2.30. The highest BCUT2D eigenvalue weighted by Crippen LogP contribution is 2.42. The predicted molar refractivity (Wildman–Crippen MR) is 124 cm³/mol. The molecular weight excluding hydrogens is 352 g/mol. The van der Waals surface area contributed by atoms with E-state index in [2.05, 4.69) is 30.9 Å². The minimum Gasteiger partial charge on any atom is -0.494 e. The molecule has 0 saturated heterocycles. The van der Waals surface area contributed by atoms with Gasteiger partial charge < -0.3 is 4.74 Å². The first-order valence-electron chi connectivity index (χ1n) is 12.2. The number of rotatable bonds is 7. The van der Waals surface area contributed by atoms with Crippen molar-refractivity contribution in [2.45, 2.75) is 84.5 Å². The molecule has 1 aromatic carbocycles. The highest BCUT2D eigenvalue weighted by atomic mass is 16.5. The highest BCUT2D eigenvalue weighted by molar-refractivity contribution is 5.40. The fourth-order valence-electron chi connectivity index (χ4n) is 5.36. The van der Waals surface area contributed by atoms with Crippen LogP contribution in [0.3, 0.4) is 0 Å². The molecule has 1 heteroatoms. The van der Waals surface area contributed by atoms with Gasteiger partial charge in [0.15, 0.2) is 0 Å². The van der Waals surface area contributed by atoms with Crippen LogP contribution in [0.2, 0.25) is 0 Å². The Labute approximate surface area is 179 Å². The molecule has 1 aromatic rings. The van der Waals surface area contributed by atoms with Crippen molar-refractivity contribution in [2.24, 2.45) is 23.7 Å².